The number of nitrogens with two attached hydrogens (primary N) is 1. The van der Waals surface area contributed by atoms with E-state index in [1.807, 2.05) is 0 Å². The number of carboxylic acids is 1. The fraction of sp³-hybridized carbons (Fsp3) is 0.737. The van der Waals surface area contributed by atoms with Crippen LogP contribution in [0.15, 0.2) is 0 Å². The van der Waals surface area contributed by atoms with Crippen molar-refractivity contribution in [2.45, 2.75) is 76.7 Å². The number of aliphatic hydroxyl groups is 1. The molecule has 0 aromatic carbocycles. The predicted molar refractivity (Wildman–Crippen MR) is 109 cm³/mol. The van der Waals surface area contributed by atoms with Gasteiger partial charge in [0, 0.05) is 0 Å². The number of amides is 4. The fourth-order valence-electron chi connectivity index (χ4n) is 3.18. The van der Waals surface area contributed by atoms with E-state index in [4.69, 9.17) is 5.73 Å². The normalized spacial score (nSPS) is 20.6. The summed E-state index contributed by atoms with van der Waals surface area (Å²) in [6.45, 7) is 5.34. The first kappa shape index (κ1) is 26.3. The molecule has 1 fully saturated rings. The van der Waals surface area contributed by atoms with Crippen LogP contribution in [0, 0.1) is 5.92 Å². The Labute approximate surface area is 180 Å². The van der Waals surface area contributed by atoms with Crippen LogP contribution in [0.4, 0.5) is 0 Å². The lowest BCUT2D eigenvalue weighted by atomic mass is 9.98. The van der Waals surface area contributed by atoms with Gasteiger partial charge in [-0.2, -0.15) is 0 Å². The van der Waals surface area contributed by atoms with Gasteiger partial charge < -0.3 is 37.2 Å². The number of carbonyl (C=O) groups excluding carboxylic acids is 4. The zero-order chi connectivity index (χ0) is 23.7. The molecular formula is C19H33N5O7. The van der Waals surface area contributed by atoms with Crippen molar-refractivity contribution in [2.75, 3.05) is 6.54 Å². The minimum atomic E-state index is -1.47. The van der Waals surface area contributed by atoms with Crippen LogP contribution in [0.5, 0.6) is 0 Å². The van der Waals surface area contributed by atoms with Crippen molar-refractivity contribution < 1.29 is 34.2 Å². The summed E-state index contributed by atoms with van der Waals surface area (Å²) < 4.78 is 0. The predicted octanol–water partition coefficient (Wildman–Crippen LogP) is -2.42. The molecule has 1 saturated heterocycles. The molecule has 6 atom stereocenters. The Morgan fingerprint density at radius 3 is 2.16 bits per heavy atom. The molecule has 8 N–H and O–H groups in total. The van der Waals surface area contributed by atoms with E-state index in [9.17, 15) is 34.2 Å². The number of carboxylic acid groups (broad SMARTS) is 1. The van der Waals surface area contributed by atoms with Crippen molar-refractivity contribution in [3.05, 3.63) is 0 Å². The van der Waals surface area contributed by atoms with Gasteiger partial charge in [-0.1, -0.05) is 20.3 Å². The van der Waals surface area contributed by atoms with Gasteiger partial charge in [-0.15, -0.1) is 0 Å². The molecule has 0 bridgehead atoms. The quantitative estimate of drug-likeness (QED) is 0.173. The zero-order valence-electron chi connectivity index (χ0n) is 18.0. The SMILES string of the molecule is CCC(C)C(NC(=O)C(CC(N)=O)NC(=O)C(NC(=O)C1CCCN1)C(C)O)C(=O)O. The van der Waals surface area contributed by atoms with Crippen LogP contribution in [0.3, 0.4) is 0 Å². The topological polar surface area (TPSA) is 200 Å². The van der Waals surface area contributed by atoms with Crippen molar-refractivity contribution in [3.63, 3.8) is 0 Å². The maximum Gasteiger partial charge on any atom is 0.326 e. The number of hydrogen-bond donors (Lipinski definition) is 7. The minimum absolute atomic E-state index is 0.408. The molecule has 0 saturated carbocycles. The maximum absolute atomic E-state index is 12.7. The van der Waals surface area contributed by atoms with Gasteiger partial charge in [-0.25, -0.2) is 4.79 Å². The number of nitrogens with one attached hydrogen (secondary N) is 4. The fourth-order valence-corrected chi connectivity index (χ4v) is 3.18. The zero-order valence-corrected chi connectivity index (χ0v) is 18.0. The molecule has 1 aliphatic rings. The highest BCUT2D eigenvalue weighted by molar-refractivity contribution is 5.96. The van der Waals surface area contributed by atoms with E-state index in [1.165, 1.54) is 6.92 Å². The van der Waals surface area contributed by atoms with Crippen LogP contribution in [-0.2, 0) is 24.0 Å². The highest BCUT2D eigenvalue weighted by Crippen LogP contribution is 2.09. The molecule has 12 heteroatoms. The second kappa shape index (κ2) is 12.2. The van der Waals surface area contributed by atoms with E-state index in [-0.39, 0.29) is 0 Å². The molecular weight excluding hydrogens is 410 g/mol. The van der Waals surface area contributed by atoms with Crippen molar-refractivity contribution >= 4 is 29.6 Å². The largest absolute Gasteiger partial charge is 0.480 e. The summed E-state index contributed by atoms with van der Waals surface area (Å²) in [6, 6.07) is -4.59. The van der Waals surface area contributed by atoms with Crippen molar-refractivity contribution in [3.8, 4) is 0 Å². The Morgan fingerprint density at radius 2 is 1.71 bits per heavy atom. The van der Waals surface area contributed by atoms with Gasteiger partial charge >= 0.3 is 5.97 Å². The molecule has 31 heavy (non-hydrogen) atoms. The summed E-state index contributed by atoms with van der Waals surface area (Å²) in [5.74, 6) is -4.85. The van der Waals surface area contributed by atoms with E-state index in [0.717, 1.165) is 6.42 Å². The molecule has 1 heterocycles. The highest BCUT2D eigenvalue weighted by Gasteiger charge is 2.34. The average Bonchev–Trinajstić information content (AvgIpc) is 3.22. The summed E-state index contributed by atoms with van der Waals surface area (Å²) >= 11 is 0. The molecule has 12 nitrogen and oxygen atoms in total. The number of rotatable bonds is 12. The third-order valence-electron chi connectivity index (χ3n) is 5.25. The molecule has 6 unspecified atom stereocenters. The van der Waals surface area contributed by atoms with Gasteiger partial charge in [0.15, 0.2) is 0 Å². The lowest BCUT2D eigenvalue weighted by molar-refractivity contribution is -0.144. The standard InChI is InChI=1S/C19H33N5O7/c1-4-9(2)14(19(30)31)23-17(28)12(8-13(20)26)22-18(29)15(10(3)25)24-16(27)11-6-5-7-21-11/h9-12,14-15,21,25H,4-8H2,1-3H3,(H2,20,26)(H,22,29)(H,23,28)(H,24,27)(H,30,31). The van der Waals surface area contributed by atoms with Crippen LogP contribution in [-0.4, -0.2) is 76.6 Å². The lowest BCUT2D eigenvalue weighted by Crippen LogP contribution is -2.60. The summed E-state index contributed by atoms with van der Waals surface area (Å²) in [5, 5.41) is 29.3. The molecule has 176 valence electrons. The second-order valence-corrected chi connectivity index (χ2v) is 7.82. The minimum Gasteiger partial charge on any atom is -0.480 e. The molecule has 0 spiro atoms. The molecule has 1 aliphatic heterocycles. The van der Waals surface area contributed by atoms with E-state index >= 15 is 0 Å². The number of aliphatic carboxylic acids is 1. The molecule has 0 aromatic heterocycles. The van der Waals surface area contributed by atoms with Crippen molar-refractivity contribution in [2.24, 2.45) is 11.7 Å². The number of hydrogen-bond acceptors (Lipinski definition) is 7. The number of primary amides is 1. The van der Waals surface area contributed by atoms with Crippen molar-refractivity contribution in [1.29, 1.82) is 0 Å². The van der Waals surface area contributed by atoms with Gasteiger partial charge in [-0.05, 0) is 32.2 Å². The van der Waals surface area contributed by atoms with Gasteiger partial charge in [0.1, 0.15) is 18.1 Å². The number of aliphatic hydroxyl groups excluding tert-OH is 1. The second-order valence-electron chi connectivity index (χ2n) is 7.82. The Morgan fingerprint density at radius 1 is 1.06 bits per heavy atom. The Kier molecular flexibility index (Phi) is 10.4. The summed E-state index contributed by atoms with van der Waals surface area (Å²) in [6.07, 6.45) is -0.0380. The van der Waals surface area contributed by atoms with Gasteiger partial charge in [0.25, 0.3) is 0 Å². The van der Waals surface area contributed by atoms with E-state index in [0.29, 0.717) is 19.4 Å². The van der Waals surface area contributed by atoms with Gasteiger partial charge in [-0.3, -0.25) is 19.2 Å². The molecule has 0 radical (unpaired) electrons. The first-order chi connectivity index (χ1) is 14.5. The van der Waals surface area contributed by atoms with Gasteiger partial charge in [0.2, 0.25) is 23.6 Å². The summed E-state index contributed by atoms with van der Waals surface area (Å²) in [7, 11) is 0. The molecule has 0 aromatic rings. The molecule has 1 rings (SSSR count). The van der Waals surface area contributed by atoms with Crippen LogP contribution in [0.25, 0.3) is 0 Å². The van der Waals surface area contributed by atoms with Crippen LogP contribution in [0.2, 0.25) is 0 Å². The van der Waals surface area contributed by atoms with Crippen LogP contribution in [0.1, 0.15) is 46.5 Å². The highest BCUT2D eigenvalue weighted by atomic mass is 16.4. The Hall–Kier alpha value is -2.73. The average molecular weight is 444 g/mol. The van der Waals surface area contributed by atoms with Gasteiger partial charge in [0.05, 0.1) is 18.6 Å². The molecule has 0 aliphatic carbocycles. The van der Waals surface area contributed by atoms with E-state index < -0.39 is 72.2 Å². The summed E-state index contributed by atoms with van der Waals surface area (Å²) in [5.41, 5.74) is 5.17. The first-order valence-electron chi connectivity index (χ1n) is 10.3. The lowest BCUT2D eigenvalue weighted by Gasteiger charge is -2.27. The third-order valence-corrected chi connectivity index (χ3v) is 5.25. The first-order valence-corrected chi connectivity index (χ1v) is 10.3. The molecule has 4 amide bonds. The van der Waals surface area contributed by atoms with Crippen LogP contribution < -0.4 is 27.0 Å². The smallest absolute Gasteiger partial charge is 0.326 e. The third kappa shape index (κ3) is 8.13. The Bertz CT molecular complexity index is 679. The number of carbonyl (C=O) groups is 5. The van der Waals surface area contributed by atoms with E-state index in [1.54, 1.807) is 13.8 Å². The van der Waals surface area contributed by atoms with Crippen LogP contribution >= 0.6 is 0 Å². The Balaban J connectivity index is 2.92. The van der Waals surface area contributed by atoms with E-state index in [2.05, 4.69) is 21.3 Å². The summed E-state index contributed by atoms with van der Waals surface area (Å²) in [4.78, 5) is 60.5. The maximum atomic E-state index is 12.7. The van der Waals surface area contributed by atoms with Crippen molar-refractivity contribution in [1.82, 2.24) is 21.3 Å². The monoisotopic (exact) mass is 443 g/mol.